The van der Waals surface area contributed by atoms with E-state index in [-0.39, 0.29) is 5.69 Å². The van der Waals surface area contributed by atoms with E-state index in [0.29, 0.717) is 34.5 Å². The number of nitrogens with one attached hydrogen (secondary N) is 1. The van der Waals surface area contributed by atoms with Gasteiger partial charge in [0.25, 0.3) is 5.69 Å². The van der Waals surface area contributed by atoms with E-state index < -0.39 is 4.92 Å². The van der Waals surface area contributed by atoms with Crippen molar-refractivity contribution in [3.05, 3.63) is 87.8 Å². The summed E-state index contributed by atoms with van der Waals surface area (Å²) >= 11 is 5.98. The minimum atomic E-state index is -0.455. The van der Waals surface area contributed by atoms with Crippen molar-refractivity contribution in [1.82, 2.24) is 15.2 Å². The zero-order valence-corrected chi connectivity index (χ0v) is 15.7. The highest BCUT2D eigenvalue weighted by Gasteiger charge is 2.14. The van der Waals surface area contributed by atoms with Crippen molar-refractivity contribution in [2.24, 2.45) is 0 Å². The Labute approximate surface area is 170 Å². The number of furan rings is 1. The molecule has 9 heteroatoms. The third-order valence-corrected chi connectivity index (χ3v) is 4.40. The maximum atomic E-state index is 10.9. The smallest absolute Gasteiger partial charge is 0.269 e. The lowest BCUT2D eigenvalue weighted by atomic mass is 10.1. The highest BCUT2D eigenvalue weighted by atomic mass is 35.5. The Morgan fingerprint density at radius 3 is 2.38 bits per heavy atom. The number of nitro groups is 1. The summed E-state index contributed by atoms with van der Waals surface area (Å²) in [5.74, 6) is 1.59. The van der Waals surface area contributed by atoms with Gasteiger partial charge in [0, 0.05) is 28.3 Å². The van der Waals surface area contributed by atoms with Crippen LogP contribution in [0.25, 0.3) is 22.6 Å². The van der Waals surface area contributed by atoms with Crippen molar-refractivity contribution >= 4 is 23.1 Å². The lowest BCUT2D eigenvalue weighted by Gasteiger charge is -2.11. The lowest BCUT2D eigenvalue weighted by molar-refractivity contribution is -0.384. The van der Waals surface area contributed by atoms with E-state index >= 15 is 0 Å². The number of halogens is 1. The Morgan fingerprint density at radius 2 is 1.72 bits per heavy atom. The monoisotopic (exact) mass is 407 g/mol. The van der Waals surface area contributed by atoms with Gasteiger partial charge in [-0.3, -0.25) is 10.1 Å². The van der Waals surface area contributed by atoms with Crippen LogP contribution in [0, 0.1) is 10.1 Å². The first kappa shape index (κ1) is 18.6. The predicted octanol–water partition coefficient (Wildman–Crippen LogP) is 4.97. The van der Waals surface area contributed by atoms with E-state index in [1.54, 1.807) is 36.6 Å². The first-order chi connectivity index (χ1) is 14.1. The second kappa shape index (κ2) is 8.07. The highest BCUT2D eigenvalue weighted by Crippen LogP contribution is 2.28. The molecular formula is C20H14ClN5O3. The van der Waals surface area contributed by atoms with Crippen LogP contribution in [-0.2, 0) is 6.54 Å². The Bertz CT molecular complexity index is 1130. The average Bonchev–Trinajstić information content (AvgIpc) is 3.26. The fourth-order valence-corrected chi connectivity index (χ4v) is 2.82. The summed E-state index contributed by atoms with van der Waals surface area (Å²) < 4.78 is 5.36. The molecule has 0 aliphatic rings. The minimum absolute atomic E-state index is 0.00402. The van der Waals surface area contributed by atoms with Gasteiger partial charge in [0.05, 0.1) is 17.7 Å². The fourth-order valence-electron chi connectivity index (χ4n) is 2.69. The molecule has 4 rings (SSSR count). The summed E-state index contributed by atoms with van der Waals surface area (Å²) in [6, 6.07) is 16.8. The van der Waals surface area contributed by atoms with Gasteiger partial charge >= 0.3 is 0 Å². The molecule has 0 saturated heterocycles. The molecule has 2 aromatic heterocycles. The van der Waals surface area contributed by atoms with Crippen LogP contribution in [0.5, 0.6) is 0 Å². The second-order valence-electron chi connectivity index (χ2n) is 6.08. The molecular weight excluding hydrogens is 394 g/mol. The summed E-state index contributed by atoms with van der Waals surface area (Å²) in [7, 11) is 0. The molecule has 2 aromatic carbocycles. The number of aromatic nitrogens is 3. The molecule has 0 bridgehead atoms. The molecule has 0 atom stereocenters. The molecule has 1 N–H and O–H groups in total. The lowest BCUT2D eigenvalue weighted by Crippen LogP contribution is -2.06. The van der Waals surface area contributed by atoms with Crippen molar-refractivity contribution in [3.63, 3.8) is 0 Å². The van der Waals surface area contributed by atoms with Gasteiger partial charge in [-0.25, -0.2) is 4.98 Å². The van der Waals surface area contributed by atoms with Crippen LogP contribution >= 0.6 is 11.6 Å². The van der Waals surface area contributed by atoms with Crippen LogP contribution in [0.2, 0.25) is 5.02 Å². The van der Waals surface area contributed by atoms with Crippen LogP contribution in [0.15, 0.2) is 71.3 Å². The molecule has 0 aliphatic carbocycles. The minimum Gasteiger partial charge on any atom is -0.467 e. The number of anilines is 1. The Balaban J connectivity index is 1.71. The number of benzene rings is 2. The number of hydrogen-bond acceptors (Lipinski definition) is 7. The molecule has 8 nitrogen and oxygen atoms in total. The van der Waals surface area contributed by atoms with Crippen LogP contribution in [0.4, 0.5) is 11.5 Å². The average molecular weight is 408 g/mol. The van der Waals surface area contributed by atoms with E-state index in [1.165, 1.54) is 12.1 Å². The number of nitro benzene ring substituents is 1. The van der Waals surface area contributed by atoms with E-state index in [4.69, 9.17) is 16.0 Å². The van der Waals surface area contributed by atoms with Crippen molar-refractivity contribution in [1.29, 1.82) is 0 Å². The summed E-state index contributed by atoms with van der Waals surface area (Å²) in [6.07, 6.45) is 1.59. The number of nitrogens with zero attached hydrogens (tertiary/aromatic N) is 4. The van der Waals surface area contributed by atoms with Crippen LogP contribution < -0.4 is 5.32 Å². The van der Waals surface area contributed by atoms with Crippen molar-refractivity contribution in [2.75, 3.05) is 5.32 Å². The van der Waals surface area contributed by atoms with E-state index in [1.807, 2.05) is 18.2 Å². The molecule has 0 aliphatic heterocycles. The molecule has 0 amide bonds. The van der Waals surface area contributed by atoms with Gasteiger partial charge in [0.15, 0.2) is 11.6 Å². The zero-order valence-electron chi connectivity index (χ0n) is 14.9. The summed E-state index contributed by atoms with van der Waals surface area (Å²) in [5, 5.41) is 23.2. The van der Waals surface area contributed by atoms with Crippen molar-refractivity contribution < 1.29 is 9.34 Å². The normalized spacial score (nSPS) is 10.7. The van der Waals surface area contributed by atoms with Crippen LogP contribution in [0.1, 0.15) is 5.76 Å². The zero-order chi connectivity index (χ0) is 20.2. The Kier molecular flexibility index (Phi) is 5.17. The number of hydrogen-bond donors (Lipinski definition) is 1. The molecule has 0 radical (unpaired) electrons. The van der Waals surface area contributed by atoms with E-state index in [9.17, 15) is 10.1 Å². The standard InChI is InChI=1S/C20H14ClN5O3/c21-15-7-3-13(4-8-15)18-20(22-12-17-2-1-11-29-17)23-19(25-24-18)14-5-9-16(10-6-14)26(27)28/h1-11H,12H2,(H,22,23,25). The SMILES string of the molecule is O=[N+]([O-])c1ccc(-c2nnc(-c3ccc(Cl)cc3)c(NCc3ccco3)n2)cc1. The topological polar surface area (TPSA) is 107 Å². The Morgan fingerprint density at radius 1 is 1.00 bits per heavy atom. The molecule has 29 heavy (non-hydrogen) atoms. The third-order valence-electron chi connectivity index (χ3n) is 4.15. The van der Waals surface area contributed by atoms with Gasteiger partial charge in [-0.05, 0) is 36.4 Å². The maximum absolute atomic E-state index is 10.9. The van der Waals surface area contributed by atoms with Gasteiger partial charge < -0.3 is 9.73 Å². The molecule has 0 saturated carbocycles. The van der Waals surface area contributed by atoms with E-state index in [2.05, 4.69) is 20.5 Å². The summed E-state index contributed by atoms with van der Waals surface area (Å²) in [4.78, 5) is 15.0. The van der Waals surface area contributed by atoms with Crippen LogP contribution in [0.3, 0.4) is 0 Å². The molecule has 144 valence electrons. The van der Waals surface area contributed by atoms with Crippen molar-refractivity contribution in [3.8, 4) is 22.6 Å². The summed E-state index contributed by atoms with van der Waals surface area (Å²) in [5.41, 5.74) is 1.97. The first-order valence-electron chi connectivity index (χ1n) is 8.62. The van der Waals surface area contributed by atoms with Gasteiger partial charge in [-0.2, -0.15) is 0 Å². The van der Waals surface area contributed by atoms with Gasteiger partial charge in [-0.15, -0.1) is 10.2 Å². The van der Waals surface area contributed by atoms with Crippen molar-refractivity contribution in [2.45, 2.75) is 6.54 Å². The second-order valence-corrected chi connectivity index (χ2v) is 6.51. The van der Waals surface area contributed by atoms with Gasteiger partial charge in [-0.1, -0.05) is 23.7 Å². The predicted molar refractivity (Wildman–Crippen MR) is 108 cm³/mol. The van der Waals surface area contributed by atoms with E-state index in [0.717, 1.165) is 11.3 Å². The quantitative estimate of drug-likeness (QED) is 0.355. The molecule has 4 aromatic rings. The molecule has 2 heterocycles. The highest BCUT2D eigenvalue weighted by molar-refractivity contribution is 6.30. The fraction of sp³-hybridized carbons (Fsp3) is 0.0500. The van der Waals surface area contributed by atoms with Gasteiger partial charge in [0.1, 0.15) is 11.5 Å². The molecule has 0 unspecified atom stereocenters. The first-order valence-corrected chi connectivity index (χ1v) is 9.00. The number of rotatable bonds is 6. The largest absolute Gasteiger partial charge is 0.467 e. The van der Waals surface area contributed by atoms with Crippen LogP contribution in [-0.4, -0.2) is 20.1 Å². The summed E-state index contributed by atoms with van der Waals surface area (Å²) in [6.45, 7) is 0.409. The third kappa shape index (κ3) is 4.22. The van der Waals surface area contributed by atoms with Gasteiger partial charge in [0.2, 0.25) is 0 Å². The Hall–Kier alpha value is -3.78. The molecule has 0 fully saturated rings. The maximum Gasteiger partial charge on any atom is 0.269 e. The number of non-ortho nitro benzene ring substituents is 1. The molecule has 0 spiro atoms.